The van der Waals surface area contributed by atoms with Crippen molar-refractivity contribution in [2.45, 2.75) is 25.3 Å². The zero-order valence-corrected chi connectivity index (χ0v) is 25.3. The zero-order valence-electron chi connectivity index (χ0n) is 24.5. The number of para-hydroxylation sites is 1. The number of pyridine rings is 2. The number of aryl methyl sites for hydroxylation is 1. The zero-order chi connectivity index (χ0) is 32.2. The predicted molar refractivity (Wildman–Crippen MR) is 166 cm³/mol. The van der Waals surface area contributed by atoms with Gasteiger partial charge in [0.1, 0.15) is 27.0 Å². The normalized spacial score (nSPS) is 15.3. The first-order chi connectivity index (χ1) is 21.9. The van der Waals surface area contributed by atoms with Crippen molar-refractivity contribution >= 4 is 31.8 Å². The Balaban J connectivity index is 1.25. The molecule has 1 fully saturated rings. The van der Waals surface area contributed by atoms with E-state index in [-0.39, 0.29) is 60.8 Å². The molecule has 2 aromatic carbocycles. The largest absolute Gasteiger partial charge is 0.337 e. The summed E-state index contributed by atoms with van der Waals surface area (Å²) in [5.41, 5.74) is 4.35. The molecular weight excluding hydrogens is 622 g/mol. The molecule has 1 aliphatic rings. The molecule has 9 nitrogen and oxygen atoms in total. The number of aromatic amines is 2. The Morgan fingerprint density at radius 3 is 2.59 bits per heavy atom. The molecule has 2 N–H and O–H groups in total. The molecule has 14 heteroatoms. The standard InChI is InChI=1S/C32H27F4N7O2S/c1-46(44,45)8-5-18-9-20(12-22(33)11-18)23-3-2-4-24-29(23)40-31(39-24)30-26-25(41-42-30)15-38-28(27(26)34)21-10-19(13-37-14-21)16-43-7-6-32(35,36)17-43/h2-4,9-15H,5-8,16-17H2,1H3,(H,39,40)(H,41,42). The lowest BCUT2D eigenvalue weighted by Crippen LogP contribution is -2.24. The van der Waals surface area contributed by atoms with Crippen LogP contribution in [-0.4, -0.2) is 74.5 Å². The van der Waals surface area contributed by atoms with Crippen LogP contribution in [0.15, 0.2) is 61.1 Å². The number of aromatic nitrogens is 6. The van der Waals surface area contributed by atoms with Gasteiger partial charge in [0.2, 0.25) is 0 Å². The number of H-pyrrole nitrogens is 2. The number of fused-ring (bicyclic) bond motifs is 2. The summed E-state index contributed by atoms with van der Waals surface area (Å²) >= 11 is 0. The van der Waals surface area contributed by atoms with E-state index in [0.717, 1.165) is 6.26 Å². The van der Waals surface area contributed by atoms with Crippen molar-refractivity contribution in [3.63, 3.8) is 0 Å². The van der Waals surface area contributed by atoms with E-state index < -0.39 is 27.4 Å². The Hall–Kier alpha value is -4.69. The van der Waals surface area contributed by atoms with E-state index in [4.69, 9.17) is 4.98 Å². The molecule has 0 unspecified atom stereocenters. The van der Waals surface area contributed by atoms with Gasteiger partial charge in [-0.2, -0.15) is 5.10 Å². The first kappa shape index (κ1) is 30.0. The molecule has 236 valence electrons. The van der Waals surface area contributed by atoms with Crippen molar-refractivity contribution in [1.29, 1.82) is 0 Å². The third kappa shape index (κ3) is 5.97. The third-order valence-corrected chi connectivity index (χ3v) is 8.98. The smallest absolute Gasteiger partial charge is 0.261 e. The third-order valence-electron chi connectivity index (χ3n) is 8.03. The number of hydrogen-bond acceptors (Lipinski definition) is 7. The Morgan fingerprint density at radius 2 is 1.80 bits per heavy atom. The number of nitrogens with zero attached hydrogens (tertiary/aromatic N) is 5. The van der Waals surface area contributed by atoms with E-state index in [1.165, 1.54) is 24.5 Å². The maximum atomic E-state index is 16.2. The van der Waals surface area contributed by atoms with Gasteiger partial charge in [0.15, 0.2) is 11.6 Å². The summed E-state index contributed by atoms with van der Waals surface area (Å²) in [4.78, 5) is 18.1. The monoisotopic (exact) mass is 649 g/mol. The summed E-state index contributed by atoms with van der Waals surface area (Å²) in [5, 5.41) is 7.27. The van der Waals surface area contributed by atoms with Crippen LogP contribution in [0.1, 0.15) is 17.5 Å². The highest BCUT2D eigenvalue weighted by atomic mass is 32.2. The molecule has 0 atom stereocenters. The molecule has 0 saturated carbocycles. The highest BCUT2D eigenvalue weighted by Gasteiger charge is 2.38. The van der Waals surface area contributed by atoms with Gasteiger partial charge in [0.25, 0.3) is 5.92 Å². The molecular formula is C32H27F4N7O2S. The number of likely N-dealkylation sites (tertiary alicyclic amines) is 1. The van der Waals surface area contributed by atoms with Gasteiger partial charge < -0.3 is 4.98 Å². The first-order valence-corrected chi connectivity index (χ1v) is 16.5. The second kappa shape index (κ2) is 11.3. The molecule has 7 rings (SSSR count). The lowest BCUT2D eigenvalue weighted by Gasteiger charge is -2.15. The molecule has 1 saturated heterocycles. The van der Waals surface area contributed by atoms with Crippen molar-refractivity contribution in [2.24, 2.45) is 0 Å². The summed E-state index contributed by atoms with van der Waals surface area (Å²) in [5.74, 6) is -3.74. The van der Waals surface area contributed by atoms with Crippen LogP contribution in [0.4, 0.5) is 17.6 Å². The number of sulfone groups is 1. The fourth-order valence-electron chi connectivity index (χ4n) is 5.88. The van der Waals surface area contributed by atoms with Gasteiger partial charge in [0.05, 0.1) is 40.4 Å². The van der Waals surface area contributed by atoms with Gasteiger partial charge in [-0.15, -0.1) is 0 Å². The van der Waals surface area contributed by atoms with E-state index >= 15 is 4.39 Å². The van der Waals surface area contributed by atoms with Crippen molar-refractivity contribution < 1.29 is 26.0 Å². The average molecular weight is 650 g/mol. The summed E-state index contributed by atoms with van der Waals surface area (Å²) < 4.78 is 81.6. The molecule has 5 heterocycles. The number of benzene rings is 2. The molecule has 0 aliphatic carbocycles. The van der Waals surface area contributed by atoms with Crippen LogP contribution >= 0.6 is 0 Å². The van der Waals surface area contributed by atoms with Crippen LogP contribution in [-0.2, 0) is 22.8 Å². The number of halogens is 4. The number of alkyl halides is 2. The van der Waals surface area contributed by atoms with Crippen LogP contribution in [0.3, 0.4) is 0 Å². The molecule has 0 radical (unpaired) electrons. The molecule has 6 aromatic rings. The topological polar surface area (TPSA) is 121 Å². The van der Waals surface area contributed by atoms with Crippen LogP contribution in [0.5, 0.6) is 0 Å². The first-order valence-electron chi connectivity index (χ1n) is 14.5. The Labute approximate surface area is 260 Å². The molecule has 46 heavy (non-hydrogen) atoms. The average Bonchev–Trinajstić information content (AvgIpc) is 3.72. The predicted octanol–water partition coefficient (Wildman–Crippen LogP) is 5.94. The van der Waals surface area contributed by atoms with Crippen molar-refractivity contribution in [3.8, 4) is 33.9 Å². The number of rotatable bonds is 8. The number of hydrogen-bond donors (Lipinski definition) is 2. The summed E-state index contributed by atoms with van der Waals surface area (Å²) in [6.07, 6.45) is 5.58. The van der Waals surface area contributed by atoms with Crippen LogP contribution in [0.2, 0.25) is 0 Å². The van der Waals surface area contributed by atoms with E-state index in [0.29, 0.717) is 44.4 Å². The van der Waals surface area contributed by atoms with Gasteiger partial charge in [-0.05, 0) is 47.4 Å². The highest BCUT2D eigenvalue weighted by Crippen LogP contribution is 2.35. The second-order valence-corrected chi connectivity index (χ2v) is 14.0. The van der Waals surface area contributed by atoms with Gasteiger partial charge in [-0.3, -0.25) is 20.0 Å². The van der Waals surface area contributed by atoms with E-state index in [1.807, 2.05) is 0 Å². The second-order valence-electron chi connectivity index (χ2n) is 11.7. The van der Waals surface area contributed by atoms with Gasteiger partial charge >= 0.3 is 0 Å². The highest BCUT2D eigenvalue weighted by molar-refractivity contribution is 7.90. The molecule has 4 aromatic heterocycles. The fourth-order valence-corrected chi connectivity index (χ4v) is 6.49. The van der Waals surface area contributed by atoms with Crippen LogP contribution in [0.25, 0.3) is 55.8 Å². The lowest BCUT2D eigenvalue weighted by molar-refractivity contribution is 0.0115. The van der Waals surface area contributed by atoms with Gasteiger partial charge in [-0.1, -0.05) is 18.2 Å². The molecule has 1 aliphatic heterocycles. The maximum Gasteiger partial charge on any atom is 0.261 e. The minimum Gasteiger partial charge on any atom is -0.337 e. The van der Waals surface area contributed by atoms with Gasteiger partial charge in [-0.25, -0.2) is 31.0 Å². The SMILES string of the molecule is CS(=O)(=O)CCc1cc(F)cc(-c2cccc3[nH]c(-c4n[nH]c5cnc(-c6cncc(CN7CCC(F)(F)C7)c6)c(F)c45)nc23)c1. The molecule has 0 amide bonds. The van der Waals surface area contributed by atoms with E-state index in [9.17, 15) is 21.6 Å². The van der Waals surface area contributed by atoms with Gasteiger partial charge in [0, 0.05) is 49.3 Å². The Morgan fingerprint density at radius 1 is 0.978 bits per heavy atom. The maximum absolute atomic E-state index is 16.2. The molecule has 0 spiro atoms. The molecule has 0 bridgehead atoms. The summed E-state index contributed by atoms with van der Waals surface area (Å²) in [7, 11) is -3.24. The van der Waals surface area contributed by atoms with Crippen molar-refractivity contribution in [2.75, 3.05) is 25.1 Å². The Kier molecular flexibility index (Phi) is 7.35. The van der Waals surface area contributed by atoms with Crippen LogP contribution < -0.4 is 0 Å². The minimum atomic E-state index is -3.24. The summed E-state index contributed by atoms with van der Waals surface area (Å²) in [6, 6.07) is 11.4. The van der Waals surface area contributed by atoms with Crippen molar-refractivity contribution in [1.82, 2.24) is 35.0 Å². The number of nitrogens with one attached hydrogen (secondary N) is 2. The Bertz CT molecular complexity index is 2230. The number of imidazole rings is 1. The van der Waals surface area contributed by atoms with E-state index in [2.05, 4.69) is 25.1 Å². The van der Waals surface area contributed by atoms with Crippen molar-refractivity contribution in [3.05, 3.63) is 83.8 Å². The van der Waals surface area contributed by atoms with E-state index in [1.54, 1.807) is 41.4 Å². The fraction of sp³-hybridized carbons (Fsp3) is 0.250. The van der Waals surface area contributed by atoms with Crippen LogP contribution in [0, 0.1) is 11.6 Å². The minimum absolute atomic E-state index is 0.0226. The lowest BCUT2D eigenvalue weighted by atomic mass is 10.0. The quantitative estimate of drug-likeness (QED) is 0.196. The summed E-state index contributed by atoms with van der Waals surface area (Å²) in [6.45, 7) is 0.178.